The van der Waals surface area contributed by atoms with Gasteiger partial charge in [-0.2, -0.15) is 0 Å². The van der Waals surface area contributed by atoms with Gasteiger partial charge in [-0.25, -0.2) is 4.57 Å². The molecule has 94 heavy (non-hydrogen) atoms. The minimum absolute atomic E-state index is 0.0373. The van der Waals surface area contributed by atoms with Gasteiger partial charge in [-0.15, -0.1) is 0 Å². The number of nitrogens with zero attached hydrogens (tertiary/aromatic N) is 1. The molecule has 560 valence electrons. The Balaban J connectivity index is 3.84. The van der Waals surface area contributed by atoms with Gasteiger partial charge >= 0.3 is 19.8 Å². The average molecular weight is 1350 g/mol. The summed E-state index contributed by atoms with van der Waals surface area (Å²) in [6, 6.07) is 0. The molecule has 0 bridgehead atoms. The second-order valence-electron chi connectivity index (χ2n) is 30.6. The van der Waals surface area contributed by atoms with E-state index in [2.05, 4.69) is 26.0 Å². The number of ether oxygens (including phenoxy) is 2. The van der Waals surface area contributed by atoms with E-state index < -0.39 is 26.5 Å². The molecule has 0 aromatic carbocycles. The minimum atomic E-state index is -4.39. The molecule has 0 spiro atoms. The Hall–Kier alpha value is -1.25. The van der Waals surface area contributed by atoms with Crippen LogP contribution in [0.3, 0.4) is 0 Å². The zero-order valence-electron chi connectivity index (χ0n) is 64.3. The van der Waals surface area contributed by atoms with E-state index in [1.807, 2.05) is 21.1 Å². The van der Waals surface area contributed by atoms with Crippen molar-refractivity contribution in [3.63, 3.8) is 0 Å². The van der Waals surface area contributed by atoms with Crippen LogP contribution < -0.4 is 0 Å². The first kappa shape index (κ1) is 92.8. The van der Waals surface area contributed by atoms with Crippen molar-refractivity contribution in [1.82, 2.24) is 0 Å². The van der Waals surface area contributed by atoms with Gasteiger partial charge in [-0.3, -0.25) is 18.6 Å². The molecule has 0 rings (SSSR count). The fraction of sp³-hybridized carbons (Fsp3) is 0.952. The monoisotopic (exact) mass is 1350 g/mol. The zero-order valence-corrected chi connectivity index (χ0v) is 65.2. The quantitative estimate of drug-likeness (QED) is 0.0211. The Morgan fingerprint density at radius 3 is 0.787 bits per heavy atom. The molecule has 0 saturated heterocycles. The molecule has 0 amide bonds. The lowest BCUT2D eigenvalue weighted by molar-refractivity contribution is -0.870. The predicted octanol–water partition coefficient (Wildman–Crippen LogP) is 28.2. The highest BCUT2D eigenvalue weighted by atomic mass is 31.2. The highest BCUT2D eigenvalue weighted by Crippen LogP contribution is 2.43. The summed E-state index contributed by atoms with van der Waals surface area (Å²) >= 11 is 0. The van der Waals surface area contributed by atoms with Gasteiger partial charge in [0.15, 0.2) is 6.10 Å². The summed E-state index contributed by atoms with van der Waals surface area (Å²) in [6.07, 6.45) is 96.8. The summed E-state index contributed by atoms with van der Waals surface area (Å²) in [5.74, 6) is -0.765. The van der Waals surface area contributed by atoms with Crippen LogP contribution in [0.1, 0.15) is 463 Å². The lowest BCUT2D eigenvalue weighted by atomic mass is 10.0. The Kier molecular flexibility index (Phi) is 74.9. The van der Waals surface area contributed by atoms with Crippen molar-refractivity contribution >= 4 is 19.8 Å². The maximum absolute atomic E-state index is 12.9. The van der Waals surface area contributed by atoms with Crippen LogP contribution in [0.4, 0.5) is 0 Å². The molecule has 0 heterocycles. The lowest BCUT2D eigenvalue weighted by Crippen LogP contribution is -2.37. The van der Waals surface area contributed by atoms with Crippen LogP contribution in [0.2, 0.25) is 0 Å². The van der Waals surface area contributed by atoms with E-state index in [9.17, 15) is 19.0 Å². The molecule has 10 heteroatoms. The molecule has 0 fully saturated rings. The van der Waals surface area contributed by atoms with Gasteiger partial charge in [-0.05, 0) is 38.5 Å². The maximum Gasteiger partial charge on any atom is 0.472 e. The number of phosphoric ester groups is 1. The maximum atomic E-state index is 12.9. The molecule has 0 aromatic heterocycles. The summed E-state index contributed by atoms with van der Waals surface area (Å²) in [7, 11) is 1.51. The Morgan fingerprint density at radius 2 is 0.543 bits per heavy atom. The number of carbonyl (C=O) groups is 2. The van der Waals surface area contributed by atoms with Gasteiger partial charge in [0.2, 0.25) is 0 Å². The minimum Gasteiger partial charge on any atom is -0.462 e. The third-order valence-electron chi connectivity index (χ3n) is 19.8. The van der Waals surface area contributed by atoms with Gasteiger partial charge in [0, 0.05) is 12.8 Å². The molecule has 2 unspecified atom stereocenters. The number of unbranched alkanes of at least 4 members (excludes halogenated alkanes) is 65. The molecule has 0 aliphatic heterocycles. The molecular formula is C84H167NO8P+. The summed E-state index contributed by atoms with van der Waals surface area (Å²) in [5.41, 5.74) is 0. The van der Waals surface area contributed by atoms with Crippen molar-refractivity contribution in [3.8, 4) is 0 Å². The molecule has 0 aliphatic carbocycles. The molecule has 0 aromatic rings. The highest BCUT2D eigenvalue weighted by molar-refractivity contribution is 7.47. The fourth-order valence-corrected chi connectivity index (χ4v) is 14.1. The predicted molar refractivity (Wildman–Crippen MR) is 409 cm³/mol. The number of esters is 2. The number of likely N-dealkylation sites (N-methyl/N-ethyl adjacent to an activating group) is 1. The summed E-state index contributed by atoms with van der Waals surface area (Å²) in [6.45, 7) is 4.54. The van der Waals surface area contributed by atoms with Gasteiger partial charge in [-0.1, -0.05) is 424 Å². The number of quaternary nitrogens is 1. The van der Waals surface area contributed by atoms with Crippen molar-refractivity contribution in [2.45, 2.75) is 469 Å². The number of allylic oxidation sites excluding steroid dienone is 2. The van der Waals surface area contributed by atoms with Crippen LogP contribution >= 0.6 is 7.82 Å². The van der Waals surface area contributed by atoms with Crippen molar-refractivity contribution in [2.75, 3.05) is 47.5 Å². The third-order valence-corrected chi connectivity index (χ3v) is 20.8. The molecular weight excluding hydrogens is 1180 g/mol. The first-order valence-corrected chi connectivity index (χ1v) is 43.9. The van der Waals surface area contributed by atoms with E-state index in [4.69, 9.17) is 18.5 Å². The van der Waals surface area contributed by atoms with Gasteiger partial charge < -0.3 is 18.9 Å². The van der Waals surface area contributed by atoms with E-state index in [-0.39, 0.29) is 25.6 Å². The van der Waals surface area contributed by atoms with Crippen LogP contribution in [0.5, 0.6) is 0 Å². The zero-order chi connectivity index (χ0) is 68.3. The van der Waals surface area contributed by atoms with E-state index >= 15 is 0 Å². The number of hydrogen-bond acceptors (Lipinski definition) is 7. The molecule has 9 nitrogen and oxygen atoms in total. The average Bonchev–Trinajstić information content (AvgIpc) is 1.57. The third kappa shape index (κ3) is 79.7. The van der Waals surface area contributed by atoms with E-state index in [0.29, 0.717) is 17.4 Å². The van der Waals surface area contributed by atoms with Crippen molar-refractivity contribution in [2.24, 2.45) is 0 Å². The normalized spacial score (nSPS) is 13.0. The summed E-state index contributed by atoms with van der Waals surface area (Å²) in [5, 5.41) is 0. The standard InChI is InChI=1S/C84H166NO8P/c1-6-8-10-12-14-16-18-20-22-24-26-28-30-32-34-36-37-38-39-40-41-42-43-44-45-46-47-49-51-53-55-57-59-61-63-65-67-69-71-73-75-77-84(87)93-82(81-92-94(88,89)91-79-78-85(3,4)5)80-90-83(86)76-74-72-70-68-66-64-62-60-58-56-54-52-50-48-35-33-31-29-27-25-23-21-19-17-15-13-11-9-7-2/h24,26,82H,6-23,25,27-81H2,1-5H3/p+1/b26-24-. The molecule has 0 aliphatic rings. The highest BCUT2D eigenvalue weighted by Gasteiger charge is 2.27. The molecule has 0 radical (unpaired) electrons. The number of rotatable bonds is 81. The van der Waals surface area contributed by atoms with E-state index in [1.54, 1.807) is 0 Å². The van der Waals surface area contributed by atoms with Crippen LogP contribution in [0.15, 0.2) is 12.2 Å². The molecule has 1 N–H and O–H groups in total. The topological polar surface area (TPSA) is 108 Å². The SMILES string of the molecule is CCCCCCCCCC/C=C\CCCCCCCCCCCCCCCCCCCCCCCCCCCCCCCC(=O)OC(COC(=O)CCCCCCCCCCCCCCCCCCCCCCCCCCCCCCC)COP(=O)(O)OCC[N+](C)(C)C. The van der Waals surface area contributed by atoms with E-state index in [0.717, 1.165) is 38.5 Å². The van der Waals surface area contributed by atoms with Crippen LogP contribution in [0.25, 0.3) is 0 Å². The fourth-order valence-electron chi connectivity index (χ4n) is 13.3. The first-order chi connectivity index (χ1) is 46.0. The smallest absolute Gasteiger partial charge is 0.462 e. The molecule has 0 saturated carbocycles. The number of hydrogen-bond donors (Lipinski definition) is 1. The van der Waals surface area contributed by atoms with E-state index in [1.165, 1.54) is 398 Å². The Labute approximate surface area is 587 Å². The van der Waals surface area contributed by atoms with Crippen LogP contribution in [0, 0.1) is 0 Å². The second-order valence-corrected chi connectivity index (χ2v) is 32.0. The summed E-state index contributed by atoms with van der Waals surface area (Å²) in [4.78, 5) is 36.0. The van der Waals surface area contributed by atoms with Crippen LogP contribution in [-0.4, -0.2) is 74.9 Å². The largest absolute Gasteiger partial charge is 0.472 e. The van der Waals surface area contributed by atoms with Gasteiger partial charge in [0.25, 0.3) is 0 Å². The van der Waals surface area contributed by atoms with Crippen molar-refractivity contribution < 1.29 is 42.1 Å². The lowest BCUT2D eigenvalue weighted by Gasteiger charge is -2.24. The Morgan fingerprint density at radius 1 is 0.319 bits per heavy atom. The summed E-state index contributed by atoms with van der Waals surface area (Å²) < 4.78 is 34.9. The Bertz CT molecular complexity index is 1590. The first-order valence-electron chi connectivity index (χ1n) is 42.4. The number of carbonyl (C=O) groups excluding carboxylic acids is 2. The van der Waals surface area contributed by atoms with Crippen molar-refractivity contribution in [3.05, 3.63) is 12.2 Å². The molecule has 2 atom stereocenters. The van der Waals surface area contributed by atoms with Gasteiger partial charge in [0.1, 0.15) is 19.8 Å². The van der Waals surface area contributed by atoms with Crippen molar-refractivity contribution in [1.29, 1.82) is 0 Å². The second kappa shape index (κ2) is 75.9. The van der Waals surface area contributed by atoms with Gasteiger partial charge in [0.05, 0.1) is 27.7 Å². The van der Waals surface area contributed by atoms with Crippen LogP contribution in [-0.2, 0) is 32.7 Å². The number of phosphoric acid groups is 1.